The van der Waals surface area contributed by atoms with E-state index in [2.05, 4.69) is 46.1 Å². The van der Waals surface area contributed by atoms with Gasteiger partial charge in [0.2, 0.25) is 0 Å². The summed E-state index contributed by atoms with van der Waals surface area (Å²) in [6, 6.07) is 6.53. The van der Waals surface area contributed by atoms with Crippen molar-refractivity contribution < 1.29 is 8.42 Å². The van der Waals surface area contributed by atoms with Gasteiger partial charge in [0.1, 0.15) is 5.69 Å². The van der Waals surface area contributed by atoms with Gasteiger partial charge in [-0.05, 0) is 78.8 Å². The maximum absolute atomic E-state index is 12.9. The van der Waals surface area contributed by atoms with Crippen molar-refractivity contribution in [2.45, 2.75) is 43.2 Å². The van der Waals surface area contributed by atoms with Crippen molar-refractivity contribution in [2.75, 3.05) is 10.5 Å². The number of nitrogens with one attached hydrogen (secondary N) is 1. The molecule has 1 N–H and O–H groups in total. The van der Waals surface area contributed by atoms with Crippen LogP contribution < -0.4 is 10.4 Å². The molecule has 2 aliphatic rings. The monoisotopic (exact) mass is 563 g/mol. The first-order valence-corrected chi connectivity index (χ1v) is 13.4. The van der Waals surface area contributed by atoms with E-state index in [0.29, 0.717) is 11.6 Å². The molecule has 0 unspecified atom stereocenters. The highest BCUT2D eigenvalue weighted by molar-refractivity contribution is 14.1. The van der Waals surface area contributed by atoms with Gasteiger partial charge in [-0.25, -0.2) is 13.2 Å². The van der Waals surface area contributed by atoms with Crippen LogP contribution in [0.4, 0.5) is 5.82 Å². The lowest BCUT2D eigenvalue weighted by molar-refractivity contribution is 0.601. The third-order valence-electron chi connectivity index (χ3n) is 4.41. The molecule has 0 atom stereocenters. The van der Waals surface area contributed by atoms with Gasteiger partial charge >= 0.3 is 5.69 Å². The maximum Gasteiger partial charge on any atom is 0.354 e. The van der Waals surface area contributed by atoms with Crippen LogP contribution in [0.25, 0.3) is 5.69 Å². The molecule has 0 fully saturated rings. The fraction of sp³-hybridized carbons (Fsp3) is 0.368. The molecule has 156 valence electrons. The lowest BCUT2D eigenvalue weighted by atomic mass is 10.2. The first-order valence-electron chi connectivity index (χ1n) is 9.04. The normalized spacial score (nSPS) is 12.1. The largest absolute Gasteiger partial charge is 0.354 e. The van der Waals surface area contributed by atoms with Crippen molar-refractivity contribution in [3.63, 3.8) is 0 Å². The van der Waals surface area contributed by atoms with Gasteiger partial charge in [0, 0.05) is 14.1 Å². The average molecular weight is 564 g/mol. The molecule has 2 aliphatic heterocycles. The van der Waals surface area contributed by atoms with Crippen LogP contribution in [0.5, 0.6) is 0 Å². The van der Waals surface area contributed by atoms with E-state index in [4.69, 9.17) is 0 Å². The topological polar surface area (TPSA) is 81.1 Å². The third-order valence-corrected chi connectivity index (χ3v) is 8.97. The van der Waals surface area contributed by atoms with Crippen molar-refractivity contribution in [1.82, 2.24) is 9.55 Å². The minimum Gasteiger partial charge on any atom is -0.261 e. The summed E-state index contributed by atoms with van der Waals surface area (Å²) in [5, 5.41) is 0. The number of anilines is 1. The van der Waals surface area contributed by atoms with E-state index in [1.807, 2.05) is 13.8 Å². The van der Waals surface area contributed by atoms with Crippen molar-refractivity contribution in [3.05, 3.63) is 48.9 Å². The van der Waals surface area contributed by atoms with Crippen LogP contribution in [-0.4, -0.2) is 23.7 Å². The van der Waals surface area contributed by atoms with Crippen LogP contribution in [0.3, 0.4) is 0 Å². The third kappa shape index (κ3) is 4.97. The number of benzene rings is 1. The Morgan fingerprint density at radius 3 is 2.52 bits per heavy atom. The molecule has 0 aromatic heterocycles. The van der Waals surface area contributed by atoms with Gasteiger partial charge in [-0.3, -0.25) is 9.29 Å². The quantitative estimate of drug-likeness (QED) is 0.327. The summed E-state index contributed by atoms with van der Waals surface area (Å²) < 4.78 is 31.6. The molecule has 0 radical (unpaired) electrons. The molecule has 3 rings (SSSR count). The predicted molar refractivity (Wildman–Crippen MR) is 129 cm³/mol. The second kappa shape index (κ2) is 8.94. The lowest BCUT2D eigenvalue weighted by Gasteiger charge is -2.16. The highest BCUT2D eigenvalue weighted by Crippen LogP contribution is 2.38. The molecule has 0 saturated carbocycles. The summed E-state index contributed by atoms with van der Waals surface area (Å²) in [6.07, 6.45) is 1.03. The summed E-state index contributed by atoms with van der Waals surface area (Å²) in [6.45, 7) is 8.13. The molecule has 6 nitrogen and oxygen atoms in total. The van der Waals surface area contributed by atoms with Crippen molar-refractivity contribution in [2.24, 2.45) is 5.92 Å². The second-order valence-corrected chi connectivity index (χ2v) is 12.6. The summed E-state index contributed by atoms with van der Waals surface area (Å²) in [5.41, 5.74) is 0.834. The van der Waals surface area contributed by atoms with Gasteiger partial charge < -0.3 is 0 Å². The van der Waals surface area contributed by atoms with Crippen LogP contribution in [0.2, 0.25) is 0 Å². The Hall–Kier alpha value is -1.11. The zero-order chi connectivity index (χ0) is 21.3. The molecule has 0 spiro atoms. The van der Waals surface area contributed by atoms with Gasteiger partial charge in [0.25, 0.3) is 10.0 Å². The Labute approximate surface area is 192 Å². The maximum atomic E-state index is 12.9. The number of halogens is 1. The molecule has 0 bridgehead atoms. The van der Waals surface area contributed by atoms with E-state index < -0.39 is 15.7 Å². The highest BCUT2D eigenvalue weighted by Gasteiger charge is 2.26. The van der Waals surface area contributed by atoms with Crippen LogP contribution in [0.1, 0.15) is 30.8 Å². The van der Waals surface area contributed by atoms with Gasteiger partial charge in [-0.2, -0.15) is 4.98 Å². The number of rotatable bonds is 7. The minimum atomic E-state index is -3.85. The molecule has 1 aromatic carbocycles. The Balaban J connectivity index is 2.06. The summed E-state index contributed by atoms with van der Waals surface area (Å²) in [4.78, 5) is 17.8. The summed E-state index contributed by atoms with van der Waals surface area (Å²) >= 11 is 5.32. The first-order chi connectivity index (χ1) is 13.6. The molecule has 0 saturated heterocycles. The Morgan fingerprint density at radius 1 is 1.24 bits per heavy atom. The second-order valence-electron chi connectivity index (χ2n) is 7.05. The Kier molecular flexibility index (Phi) is 6.96. The number of thioether (sulfide) groups is 1. The molecular formula is C19H22IN3O3S3. The number of aryl methyl sites for hydroxylation is 1. The lowest BCUT2D eigenvalue weighted by Crippen LogP contribution is -2.17. The standard InChI is InChI=1S/C19H22IN3O3S3/c1-11(2)9-10-27-18-16-17(21-19(24)23(16)12(3)13(4)28-18)22-29(25,26)15-7-5-14(20)6-8-15/h5-8,11H,9-10H2,1-4H3,(H,21,22,24). The Morgan fingerprint density at radius 2 is 1.90 bits per heavy atom. The molecule has 1 aromatic rings. The molecule has 0 aliphatic carbocycles. The van der Waals surface area contributed by atoms with E-state index in [1.165, 1.54) is 16.7 Å². The van der Waals surface area contributed by atoms with Crippen LogP contribution in [0.15, 0.2) is 38.2 Å². The van der Waals surface area contributed by atoms with Gasteiger partial charge in [0.15, 0.2) is 5.82 Å². The number of sulfonamides is 1. The fourth-order valence-corrected chi connectivity index (χ4v) is 6.80. The fourth-order valence-electron chi connectivity index (χ4n) is 2.67. The molecule has 10 heteroatoms. The molecular weight excluding hydrogens is 541 g/mol. The molecule has 2 heterocycles. The number of imidazole rings is 1. The minimum absolute atomic E-state index is 0.0833. The number of hydrogen-bond acceptors (Lipinski definition) is 6. The van der Waals surface area contributed by atoms with E-state index in [0.717, 1.165) is 30.5 Å². The highest BCUT2D eigenvalue weighted by atomic mass is 127. The van der Waals surface area contributed by atoms with Gasteiger partial charge in [0.05, 0.1) is 9.10 Å². The van der Waals surface area contributed by atoms with Crippen LogP contribution in [0, 0.1) is 23.3 Å². The summed E-state index contributed by atoms with van der Waals surface area (Å²) in [5.74, 6) is 1.53. The van der Waals surface area contributed by atoms with Gasteiger partial charge in [-0.15, -0.1) is 23.1 Å². The number of aromatic nitrogens is 2. The van der Waals surface area contributed by atoms with E-state index in [1.54, 1.807) is 35.2 Å². The zero-order valence-corrected chi connectivity index (χ0v) is 21.1. The first kappa shape index (κ1) is 22.6. The number of nitrogens with zero attached hydrogens (tertiary/aromatic N) is 2. The van der Waals surface area contributed by atoms with Crippen LogP contribution in [-0.2, 0) is 10.0 Å². The SMILES string of the molecule is Cc1sc(SCCC(C)C)c2c(NS(=O)(=O)c3ccc(I)cc3)nc(=O)n-2c1C. The van der Waals surface area contributed by atoms with Crippen molar-refractivity contribution in [1.29, 1.82) is 0 Å². The van der Waals surface area contributed by atoms with E-state index >= 15 is 0 Å². The van der Waals surface area contributed by atoms with Crippen LogP contribution >= 0.6 is 45.7 Å². The van der Waals surface area contributed by atoms with Crippen molar-refractivity contribution in [3.8, 4) is 5.69 Å². The zero-order valence-electron chi connectivity index (χ0n) is 16.5. The Bertz CT molecular complexity index is 1150. The molecule has 29 heavy (non-hydrogen) atoms. The predicted octanol–water partition coefficient (Wildman–Crippen LogP) is 4.89. The summed E-state index contributed by atoms with van der Waals surface area (Å²) in [7, 11) is -3.85. The van der Waals surface area contributed by atoms with Crippen molar-refractivity contribution >= 4 is 61.5 Å². The average Bonchev–Trinajstić information content (AvgIpc) is 2.95. The smallest absolute Gasteiger partial charge is 0.261 e. The number of fused-ring (bicyclic) bond motifs is 1. The van der Waals surface area contributed by atoms with E-state index in [-0.39, 0.29) is 10.7 Å². The van der Waals surface area contributed by atoms with E-state index in [9.17, 15) is 13.2 Å². The number of hydrogen-bond donors (Lipinski definition) is 1. The molecule has 0 amide bonds. The van der Waals surface area contributed by atoms with Gasteiger partial charge in [-0.1, -0.05) is 13.8 Å².